The Morgan fingerprint density at radius 1 is 1.12 bits per heavy atom. The number of hydrogen-bond acceptors (Lipinski definition) is 3. The van der Waals surface area contributed by atoms with Crippen molar-refractivity contribution in [3.63, 3.8) is 0 Å². The van der Waals surface area contributed by atoms with Crippen molar-refractivity contribution in [1.82, 2.24) is 10.2 Å². The molecule has 1 heterocycles. The molecule has 3 atom stereocenters. The van der Waals surface area contributed by atoms with Gasteiger partial charge < -0.3 is 0 Å². The predicted molar refractivity (Wildman–Crippen MR) is 60.7 cm³/mol. The van der Waals surface area contributed by atoms with Gasteiger partial charge in [0.05, 0.1) is 13.1 Å². The minimum atomic E-state index is -0.151. The highest BCUT2D eigenvalue weighted by Crippen LogP contribution is 2.32. The molecule has 1 N–H and O–H groups in total. The lowest BCUT2D eigenvalue weighted by atomic mass is 9.77. The number of rotatable bonds is 1. The van der Waals surface area contributed by atoms with Gasteiger partial charge in [-0.15, -0.1) is 0 Å². The van der Waals surface area contributed by atoms with Gasteiger partial charge in [0.2, 0.25) is 11.8 Å². The van der Waals surface area contributed by atoms with Crippen molar-refractivity contribution in [2.24, 2.45) is 11.8 Å². The van der Waals surface area contributed by atoms with E-state index in [4.69, 9.17) is 0 Å². The Hall–Kier alpha value is -0.900. The van der Waals surface area contributed by atoms with Crippen LogP contribution in [0.25, 0.3) is 0 Å². The Morgan fingerprint density at radius 3 is 2.38 bits per heavy atom. The topological polar surface area (TPSA) is 49.4 Å². The molecule has 1 saturated heterocycles. The summed E-state index contributed by atoms with van der Waals surface area (Å²) in [6.07, 6.45) is 3.60. The van der Waals surface area contributed by atoms with Crippen molar-refractivity contribution in [2.75, 3.05) is 13.1 Å². The summed E-state index contributed by atoms with van der Waals surface area (Å²) in [5.41, 5.74) is 0. The number of carbonyl (C=O) groups excluding carboxylic acids is 2. The zero-order valence-corrected chi connectivity index (χ0v) is 10.0. The molecule has 2 fully saturated rings. The van der Waals surface area contributed by atoms with E-state index in [0.29, 0.717) is 31.0 Å². The molecule has 90 valence electrons. The Kier molecular flexibility index (Phi) is 3.28. The molecule has 1 aliphatic carbocycles. The molecule has 0 spiro atoms. The Balaban J connectivity index is 2.05. The summed E-state index contributed by atoms with van der Waals surface area (Å²) in [5.74, 6) is 0.967. The van der Waals surface area contributed by atoms with Crippen LogP contribution in [-0.2, 0) is 9.59 Å². The maximum absolute atomic E-state index is 11.3. The fraction of sp³-hybridized carbons (Fsp3) is 0.833. The second-order valence-electron chi connectivity index (χ2n) is 5.21. The molecule has 0 bridgehead atoms. The number of imide groups is 1. The van der Waals surface area contributed by atoms with E-state index < -0.39 is 0 Å². The van der Waals surface area contributed by atoms with Gasteiger partial charge in [0, 0.05) is 6.04 Å². The highest BCUT2D eigenvalue weighted by Gasteiger charge is 2.35. The first-order valence-corrected chi connectivity index (χ1v) is 6.14. The summed E-state index contributed by atoms with van der Waals surface area (Å²) in [5, 5.41) is 2.35. The molecule has 16 heavy (non-hydrogen) atoms. The molecule has 1 saturated carbocycles. The largest absolute Gasteiger partial charge is 0.294 e. The molecule has 3 unspecified atom stereocenters. The lowest BCUT2D eigenvalue weighted by Crippen LogP contribution is -2.57. The van der Waals surface area contributed by atoms with E-state index in [1.54, 1.807) is 0 Å². The van der Waals surface area contributed by atoms with Crippen molar-refractivity contribution in [3.05, 3.63) is 0 Å². The molecule has 0 radical (unpaired) electrons. The minimum absolute atomic E-state index is 0.151. The first-order valence-electron chi connectivity index (χ1n) is 6.14. The van der Waals surface area contributed by atoms with Crippen LogP contribution in [0.4, 0.5) is 0 Å². The standard InChI is InChI=1S/C12H20N2O2/c1-8-4-3-5-10(9(8)2)14-6-11(15)13-12(16)7-14/h8-10H,3-7H2,1-2H3,(H,13,15,16). The first-order chi connectivity index (χ1) is 7.58. The SMILES string of the molecule is CC1CCCC(N2CC(=O)NC(=O)C2)C1C. The summed E-state index contributed by atoms with van der Waals surface area (Å²) in [6.45, 7) is 5.27. The fourth-order valence-electron chi connectivity index (χ4n) is 2.96. The Labute approximate surface area is 96.4 Å². The van der Waals surface area contributed by atoms with Gasteiger partial charge in [-0.1, -0.05) is 26.7 Å². The highest BCUT2D eigenvalue weighted by atomic mass is 16.2. The van der Waals surface area contributed by atoms with E-state index >= 15 is 0 Å². The van der Waals surface area contributed by atoms with Crippen LogP contribution >= 0.6 is 0 Å². The second-order valence-corrected chi connectivity index (χ2v) is 5.21. The molecule has 0 aromatic rings. The van der Waals surface area contributed by atoms with Gasteiger partial charge in [-0.25, -0.2) is 0 Å². The summed E-state index contributed by atoms with van der Waals surface area (Å²) in [6, 6.07) is 0.402. The maximum Gasteiger partial charge on any atom is 0.240 e. The third kappa shape index (κ3) is 2.26. The van der Waals surface area contributed by atoms with Crippen molar-refractivity contribution >= 4 is 11.8 Å². The van der Waals surface area contributed by atoms with Crippen LogP contribution in [0.1, 0.15) is 33.1 Å². The van der Waals surface area contributed by atoms with Crippen molar-refractivity contribution < 1.29 is 9.59 Å². The summed E-state index contributed by atoms with van der Waals surface area (Å²) >= 11 is 0. The van der Waals surface area contributed by atoms with E-state index in [1.807, 2.05) is 0 Å². The predicted octanol–water partition coefficient (Wildman–Crippen LogP) is 0.770. The second kappa shape index (κ2) is 4.53. The lowest BCUT2D eigenvalue weighted by Gasteiger charge is -2.42. The molecular formula is C12H20N2O2. The molecule has 1 aliphatic heterocycles. The highest BCUT2D eigenvalue weighted by molar-refractivity contribution is 5.99. The van der Waals surface area contributed by atoms with Gasteiger partial charge >= 0.3 is 0 Å². The van der Waals surface area contributed by atoms with Crippen molar-refractivity contribution in [3.8, 4) is 0 Å². The monoisotopic (exact) mass is 224 g/mol. The average Bonchev–Trinajstić information content (AvgIpc) is 2.20. The van der Waals surface area contributed by atoms with Crippen molar-refractivity contribution in [2.45, 2.75) is 39.2 Å². The van der Waals surface area contributed by atoms with E-state index in [0.717, 1.165) is 6.42 Å². The van der Waals surface area contributed by atoms with Crippen LogP contribution in [0.15, 0.2) is 0 Å². The summed E-state index contributed by atoms with van der Waals surface area (Å²) in [4.78, 5) is 24.7. The van der Waals surface area contributed by atoms with E-state index in [2.05, 4.69) is 24.1 Å². The number of piperazine rings is 1. The lowest BCUT2D eigenvalue weighted by molar-refractivity contribution is -0.138. The van der Waals surface area contributed by atoms with Crippen LogP contribution in [-0.4, -0.2) is 35.8 Å². The smallest absolute Gasteiger partial charge is 0.240 e. The van der Waals surface area contributed by atoms with Gasteiger partial charge in [-0.2, -0.15) is 0 Å². The Morgan fingerprint density at radius 2 is 1.75 bits per heavy atom. The zero-order valence-electron chi connectivity index (χ0n) is 10.0. The fourth-order valence-corrected chi connectivity index (χ4v) is 2.96. The zero-order chi connectivity index (χ0) is 11.7. The van der Waals surface area contributed by atoms with Crippen LogP contribution in [0, 0.1) is 11.8 Å². The molecule has 2 aliphatic rings. The number of hydrogen-bond donors (Lipinski definition) is 1. The van der Waals surface area contributed by atoms with Crippen LogP contribution in [0.2, 0.25) is 0 Å². The Bertz CT molecular complexity index is 287. The molecule has 4 nitrogen and oxygen atoms in total. The number of nitrogens with one attached hydrogen (secondary N) is 1. The average molecular weight is 224 g/mol. The van der Waals surface area contributed by atoms with Gasteiger partial charge in [-0.05, 0) is 18.3 Å². The molecular weight excluding hydrogens is 204 g/mol. The third-order valence-corrected chi connectivity index (χ3v) is 4.11. The van der Waals surface area contributed by atoms with Gasteiger partial charge in [0.25, 0.3) is 0 Å². The van der Waals surface area contributed by atoms with Crippen LogP contribution in [0.3, 0.4) is 0 Å². The third-order valence-electron chi connectivity index (χ3n) is 4.11. The van der Waals surface area contributed by atoms with Crippen LogP contribution in [0.5, 0.6) is 0 Å². The quantitative estimate of drug-likeness (QED) is 0.669. The van der Waals surface area contributed by atoms with E-state index in [9.17, 15) is 9.59 Å². The van der Waals surface area contributed by atoms with E-state index in [1.165, 1.54) is 12.8 Å². The molecule has 4 heteroatoms. The minimum Gasteiger partial charge on any atom is -0.294 e. The normalized spacial score (nSPS) is 37.2. The number of carbonyl (C=O) groups is 2. The van der Waals surface area contributed by atoms with Gasteiger partial charge in [-0.3, -0.25) is 19.8 Å². The van der Waals surface area contributed by atoms with Gasteiger partial charge in [0.15, 0.2) is 0 Å². The molecule has 0 aromatic carbocycles. The maximum atomic E-state index is 11.3. The van der Waals surface area contributed by atoms with E-state index in [-0.39, 0.29) is 11.8 Å². The molecule has 0 aromatic heterocycles. The number of nitrogens with zero attached hydrogens (tertiary/aromatic N) is 1. The molecule has 2 rings (SSSR count). The summed E-state index contributed by atoms with van der Waals surface area (Å²) in [7, 11) is 0. The van der Waals surface area contributed by atoms with Crippen LogP contribution < -0.4 is 5.32 Å². The molecule has 2 amide bonds. The first kappa shape index (κ1) is 11.6. The van der Waals surface area contributed by atoms with Crippen molar-refractivity contribution in [1.29, 1.82) is 0 Å². The number of amides is 2. The van der Waals surface area contributed by atoms with Gasteiger partial charge in [0.1, 0.15) is 0 Å². The summed E-state index contributed by atoms with van der Waals surface area (Å²) < 4.78 is 0.